The van der Waals surface area contributed by atoms with Crippen molar-refractivity contribution in [1.29, 1.82) is 0 Å². The third-order valence-corrected chi connectivity index (χ3v) is 3.22. The zero-order valence-electron chi connectivity index (χ0n) is 8.83. The molecule has 1 fully saturated rings. The maximum atomic E-state index is 5.29. The Morgan fingerprint density at radius 2 is 2.43 bits per heavy atom. The highest BCUT2D eigenvalue weighted by Crippen LogP contribution is 2.24. The van der Waals surface area contributed by atoms with Crippen molar-refractivity contribution in [3.8, 4) is 0 Å². The average Bonchev–Trinajstić information content (AvgIpc) is 2.78. The minimum Gasteiger partial charge on any atom is -0.469 e. The van der Waals surface area contributed by atoms with Crippen LogP contribution in [0.1, 0.15) is 31.9 Å². The van der Waals surface area contributed by atoms with Gasteiger partial charge < -0.3 is 9.73 Å². The molecule has 2 unspecified atom stereocenters. The Bertz CT molecular complexity index is 255. The van der Waals surface area contributed by atoms with Gasteiger partial charge in [-0.1, -0.05) is 13.3 Å². The van der Waals surface area contributed by atoms with Gasteiger partial charge in [-0.15, -0.1) is 0 Å². The molecule has 2 nitrogen and oxygen atoms in total. The topological polar surface area (TPSA) is 25.2 Å². The maximum absolute atomic E-state index is 5.29. The van der Waals surface area contributed by atoms with Crippen LogP contribution in [0.3, 0.4) is 0 Å². The molecule has 1 aliphatic carbocycles. The molecule has 0 saturated heterocycles. The van der Waals surface area contributed by atoms with Crippen LogP contribution in [0.4, 0.5) is 0 Å². The molecule has 0 amide bonds. The molecule has 2 rings (SSSR count). The molecule has 1 aromatic heterocycles. The van der Waals surface area contributed by atoms with Gasteiger partial charge in [0.15, 0.2) is 0 Å². The lowest BCUT2D eigenvalue weighted by Gasteiger charge is -2.16. The number of rotatable bonds is 4. The average molecular weight is 193 g/mol. The number of nitrogens with one attached hydrogen (secondary N) is 1. The highest BCUT2D eigenvalue weighted by Gasteiger charge is 2.22. The molecule has 0 radical (unpaired) electrons. The highest BCUT2D eigenvalue weighted by molar-refractivity contribution is 4.98. The van der Waals surface area contributed by atoms with Gasteiger partial charge in [-0.05, 0) is 30.9 Å². The first-order valence-corrected chi connectivity index (χ1v) is 5.62. The van der Waals surface area contributed by atoms with E-state index in [-0.39, 0.29) is 0 Å². The van der Waals surface area contributed by atoms with E-state index in [1.165, 1.54) is 19.3 Å². The van der Waals surface area contributed by atoms with E-state index in [1.54, 1.807) is 6.26 Å². The van der Waals surface area contributed by atoms with E-state index in [0.29, 0.717) is 0 Å². The normalized spacial score (nSPS) is 26.9. The molecule has 2 heteroatoms. The smallest absolute Gasteiger partial charge is 0.105 e. The first-order valence-electron chi connectivity index (χ1n) is 5.62. The molecule has 1 N–H and O–H groups in total. The predicted molar refractivity (Wildman–Crippen MR) is 57.2 cm³/mol. The third-order valence-electron chi connectivity index (χ3n) is 3.22. The van der Waals surface area contributed by atoms with Gasteiger partial charge in [0.05, 0.1) is 6.26 Å². The molecule has 0 aromatic carbocycles. The van der Waals surface area contributed by atoms with Crippen molar-refractivity contribution in [1.82, 2.24) is 5.32 Å². The van der Waals surface area contributed by atoms with Crippen molar-refractivity contribution in [3.05, 3.63) is 24.2 Å². The van der Waals surface area contributed by atoms with Crippen LogP contribution >= 0.6 is 0 Å². The number of furan rings is 1. The van der Waals surface area contributed by atoms with Gasteiger partial charge in [-0.3, -0.25) is 0 Å². The van der Waals surface area contributed by atoms with Gasteiger partial charge in [0.1, 0.15) is 5.76 Å². The van der Waals surface area contributed by atoms with Crippen LogP contribution in [-0.4, -0.2) is 12.6 Å². The van der Waals surface area contributed by atoms with E-state index >= 15 is 0 Å². The van der Waals surface area contributed by atoms with Gasteiger partial charge in [-0.2, -0.15) is 0 Å². The molecule has 1 aliphatic rings. The van der Waals surface area contributed by atoms with Gasteiger partial charge >= 0.3 is 0 Å². The molecule has 1 aromatic rings. The summed E-state index contributed by atoms with van der Waals surface area (Å²) in [5.41, 5.74) is 0. The van der Waals surface area contributed by atoms with Crippen LogP contribution in [0.15, 0.2) is 22.8 Å². The summed E-state index contributed by atoms with van der Waals surface area (Å²) in [5, 5.41) is 3.61. The van der Waals surface area contributed by atoms with Gasteiger partial charge in [0.2, 0.25) is 0 Å². The third kappa shape index (κ3) is 2.38. The van der Waals surface area contributed by atoms with E-state index in [1.807, 2.05) is 12.1 Å². The Kier molecular flexibility index (Phi) is 3.25. The maximum Gasteiger partial charge on any atom is 0.105 e. The number of hydrogen-bond donors (Lipinski definition) is 1. The monoisotopic (exact) mass is 193 g/mol. The lowest BCUT2D eigenvalue weighted by molar-refractivity contribution is 0.417. The summed E-state index contributed by atoms with van der Waals surface area (Å²) in [5.74, 6) is 1.94. The van der Waals surface area contributed by atoms with Crippen molar-refractivity contribution in [2.45, 2.75) is 38.6 Å². The standard InChI is InChI=1S/C12H19NO/c1-10-4-2-6-12(10)13-8-7-11-5-3-9-14-11/h3,5,9-10,12-13H,2,4,6-8H2,1H3. The SMILES string of the molecule is CC1CCCC1NCCc1ccco1. The van der Waals surface area contributed by atoms with Crippen LogP contribution in [-0.2, 0) is 6.42 Å². The number of hydrogen-bond acceptors (Lipinski definition) is 2. The quantitative estimate of drug-likeness (QED) is 0.795. The summed E-state index contributed by atoms with van der Waals surface area (Å²) in [6.45, 7) is 3.39. The molecule has 2 atom stereocenters. The van der Waals surface area contributed by atoms with Crippen molar-refractivity contribution in [2.24, 2.45) is 5.92 Å². The molecule has 14 heavy (non-hydrogen) atoms. The highest BCUT2D eigenvalue weighted by atomic mass is 16.3. The predicted octanol–water partition coefficient (Wildman–Crippen LogP) is 2.60. The summed E-state index contributed by atoms with van der Waals surface area (Å²) >= 11 is 0. The second-order valence-corrected chi connectivity index (χ2v) is 4.30. The fourth-order valence-electron chi connectivity index (χ4n) is 2.28. The summed E-state index contributed by atoms with van der Waals surface area (Å²) < 4.78 is 5.29. The zero-order valence-corrected chi connectivity index (χ0v) is 8.83. The van der Waals surface area contributed by atoms with E-state index in [0.717, 1.165) is 30.7 Å². The van der Waals surface area contributed by atoms with Crippen molar-refractivity contribution in [2.75, 3.05) is 6.54 Å². The zero-order chi connectivity index (χ0) is 9.80. The first kappa shape index (κ1) is 9.78. The largest absolute Gasteiger partial charge is 0.469 e. The molecule has 78 valence electrons. The van der Waals surface area contributed by atoms with Crippen molar-refractivity contribution < 1.29 is 4.42 Å². The van der Waals surface area contributed by atoms with E-state index in [4.69, 9.17) is 4.42 Å². The molecular weight excluding hydrogens is 174 g/mol. The summed E-state index contributed by atoms with van der Waals surface area (Å²) in [7, 11) is 0. The fourth-order valence-corrected chi connectivity index (χ4v) is 2.28. The first-order chi connectivity index (χ1) is 6.86. The second kappa shape index (κ2) is 4.65. The van der Waals surface area contributed by atoms with Crippen molar-refractivity contribution >= 4 is 0 Å². The molecule has 1 heterocycles. The van der Waals surface area contributed by atoms with Crippen LogP contribution in [0.5, 0.6) is 0 Å². The van der Waals surface area contributed by atoms with E-state index in [9.17, 15) is 0 Å². The molecule has 0 bridgehead atoms. The lowest BCUT2D eigenvalue weighted by atomic mass is 10.1. The van der Waals surface area contributed by atoms with Crippen molar-refractivity contribution in [3.63, 3.8) is 0 Å². The molecular formula is C12H19NO. The van der Waals surface area contributed by atoms with Gasteiger partial charge in [-0.25, -0.2) is 0 Å². The van der Waals surface area contributed by atoms with Crippen LogP contribution in [0.2, 0.25) is 0 Å². The van der Waals surface area contributed by atoms with Gasteiger partial charge in [0, 0.05) is 19.0 Å². The fraction of sp³-hybridized carbons (Fsp3) is 0.667. The summed E-state index contributed by atoms with van der Waals surface area (Å²) in [6, 6.07) is 4.73. The minimum atomic E-state index is 0.741. The lowest BCUT2D eigenvalue weighted by Crippen LogP contribution is -2.32. The van der Waals surface area contributed by atoms with Gasteiger partial charge in [0.25, 0.3) is 0 Å². The Morgan fingerprint density at radius 1 is 1.50 bits per heavy atom. The van der Waals surface area contributed by atoms with Crippen LogP contribution in [0, 0.1) is 5.92 Å². The Balaban J connectivity index is 1.68. The summed E-state index contributed by atoms with van der Waals surface area (Å²) in [4.78, 5) is 0. The Morgan fingerprint density at radius 3 is 3.07 bits per heavy atom. The van der Waals surface area contributed by atoms with Crippen LogP contribution in [0.25, 0.3) is 0 Å². The second-order valence-electron chi connectivity index (χ2n) is 4.30. The van der Waals surface area contributed by atoms with E-state index < -0.39 is 0 Å². The molecule has 1 saturated carbocycles. The summed E-state index contributed by atoms with van der Waals surface area (Å²) in [6.07, 6.45) is 6.88. The minimum absolute atomic E-state index is 0.741. The van der Waals surface area contributed by atoms with Crippen LogP contribution < -0.4 is 5.32 Å². The molecule has 0 aliphatic heterocycles. The molecule has 0 spiro atoms. The van der Waals surface area contributed by atoms with E-state index in [2.05, 4.69) is 12.2 Å². The Hall–Kier alpha value is -0.760. The Labute approximate surface area is 85.7 Å².